The largest absolute Gasteiger partial charge is 0.341 e. The molecule has 1 aromatic carbocycles. The molecule has 26 heavy (non-hydrogen) atoms. The number of amides is 3. The number of nitrogens with one attached hydrogen (secondary N) is 2. The van der Waals surface area contributed by atoms with Gasteiger partial charge in [-0.1, -0.05) is 36.0 Å². The van der Waals surface area contributed by atoms with Crippen LogP contribution in [0.25, 0.3) is 5.69 Å². The molecule has 3 aromatic rings. The van der Waals surface area contributed by atoms with Crippen molar-refractivity contribution < 1.29 is 9.59 Å². The summed E-state index contributed by atoms with van der Waals surface area (Å²) in [7, 11) is 1.46. The van der Waals surface area contributed by atoms with Gasteiger partial charge < -0.3 is 5.32 Å². The molecule has 3 rings (SSSR count). The van der Waals surface area contributed by atoms with E-state index in [1.807, 2.05) is 46.3 Å². The molecule has 7 nitrogen and oxygen atoms in total. The third-order valence-electron chi connectivity index (χ3n) is 3.44. The fourth-order valence-electron chi connectivity index (χ4n) is 2.27. The minimum Gasteiger partial charge on any atom is -0.341 e. The normalized spacial score (nSPS) is 10.5. The molecule has 0 radical (unpaired) electrons. The minimum atomic E-state index is -0.529. The average molecular weight is 387 g/mol. The zero-order valence-corrected chi connectivity index (χ0v) is 15.6. The number of para-hydroxylation sites is 1. The van der Waals surface area contributed by atoms with Crippen LogP contribution in [0.3, 0.4) is 0 Å². The van der Waals surface area contributed by atoms with E-state index in [2.05, 4.69) is 26.9 Å². The number of hydrogen-bond acceptors (Lipinski definition) is 6. The maximum atomic E-state index is 11.8. The molecule has 2 aromatic heterocycles. The first kappa shape index (κ1) is 18.2. The molecule has 0 aliphatic heterocycles. The van der Waals surface area contributed by atoms with Crippen molar-refractivity contribution in [3.63, 3.8) is 0 Å². The maximum absolute atomic E-state index is 11.8. The highest BCUT2D eigenvalue weighted by molar-refractivity contribution is 7.99. The molecule has 0 aliphatic carbocycles. The Hall–Kier alpha value is -2.65. The van der Waals surface area contributed by atoms with Crippen LogP contribution < -0.4 is 10.6 Å². The molecule has 2 N–H and O–H groups in total. The smallest absolute Gasteiger partial charge is 0.321 e. The maximum Gasteiger partial charge on any atom is 0.321 e. The van der Waals surface area contributed by atoms with E-state index in [1.165, 1.54) is 23.7 Å². The Morgan fingerprint density at radius 1 is 1.15 bits per heavy atom. The molecule has 0 aliphatic rings. The molecular formula is C17H17N5O2S2. The summed E-state index contributed by atoms with van der Waals surface area (Å²) in [6.45, 7) is 0. The van der Waals surface area contributed by atoms with Crippen molar-refractivity contribution in [1.82, 2.24) is 25.4 Å². The van der Waals surface area contributed by atoms with E-state index in [-0.39, 0.29) is 5.75 Å². The summed E-state index contributed by atoms with van der Waals surface area (Å²) in [4.78, 5) is 24.3. The van der Waals surface area contributed by atoms with Gasteiger partial charge in [0, 0.05) is 24.0 Å². The summed E-state index contributed by atoms with van der Waals surface area (Å²) in [5.41, 5.74) is 0.929. The summed E-state index contributed by atoms with van der Waals surface area (Å²) < 4.78 is 1.94. The van der Waals surface area contributed by atoms with Crippen LogP contribution in [0.5, 0.6) is 0 Å². The second-order valence-electron chi connectivity index (χ2n) is 5.24. The van der Waals surface area contributed by atoms with Crippen LogP contribution in [0.1, 0.15) is 10.7 Å². The highest BCUT2D eigenvalue weighted by Crippen LogP contribution is 2.24. The van der Waals surface area contributed by atoms with Crippen molar-refractivity contribution in [2.45, 2.75) is 11.6 Å². The quantitative estimate of drug-likeness (QED) is 0.634. The second-order valence-corrected chi connectivity index (χ2v) is 7.22. The Balaban J connectivity index is 1.82. The lowest BCUT2D eigenvalue weighted by Gasteiger charge is -2.09. The van der Waals surface area contributed by atoms with Crippen molar-refractivity contribution in [1.29, 1.82) is 0 Å². The number of nitrogens with zero attached hydrogens (tertiary/aromatic N) is 3. The second kappa shape index (κ2) is 8.63. The summed E-state index contributed by atoms with van der Waals surface area (Å²) in [5.74, 6) is 0.474. The molecular weight excluding hydrogens is 370 g/mol. The third kappa shape index (κ3) is 4.50. The highest BCUT2D eigenvalue weighted by atomic mass is 32.2. The predicted molar refractivity (Wildman–Crippen MR) is 102 cm³/mol. The van der Waals surface area contributed by atoms with Crippen LogP contribution >= 0.6 is 23.1 Å². The number of hydrogen-bond donors (Lipinski definition) is 2. The zero-order valence-electron chi connectivity index (χ0n) is 14.0. The number of urea groups is 1. The summed E-state index contributed by atoms with van der Waals surface area (Å²) in [5, 5.41) is 15.8. The van der Waals surface area contributed by atoms with Gasteiger partial charge in [-0.3, -0.25) is 14.7 Å². The van der Waals surface area contributed by atoms with Gasteiger partial charge in [0.05, 0.1) is 5.75 Å². The Bertz CT molecular complexity index is 878. The van der Waals surface area contributed by atoms with Gasteiger partial charge in [-0.25, -0.2) is 4.79 Å². The molecule has 3 amide bonds. The Morgan fingerprint density at radius 2 is 1.96 bits per heavy atom. The van der Waals surface area contributed by atoms with E-state index in [9.17, 15) is 9.59 Å². The standard InChI is InChI=1S/C17H17N5O2S2/c1-18-16(24)19-15(23)11-26-17-21-20-14(10-13-8-5-9-25-13)22(17)12-6-3-2-4-7-12/h2-9H,10-11H2,1H3,(H2,18,19,23,24). The fourth-order valence-corrected chi connectivity index (χ4v) is 3.74. The van der Waals surface area contributed by atoms with Gasteiger partial charge in [0.2, 0.25) is 5.91 Å². The van der Waals surface area contributed by atoms with E-state index in [0.29, 0.717) is 11.6 Å². The number of thioether (sulfide) groups is 1. The van der Waals surface area contributed by atoms with Gasteiger partial charge in [-0.15, -0.1) is 21.5 Å². The van der Waals surface area contributed by atoms with Crippen molar-refractivity contribution in [3.8, 4) is 5.69 Å². The third-order valence-corrected chi connectivity index (χ3v) is 5.24. The van der Waals surface area contributed by atoms with E-state index in [0.717, 1.165) is 11.5 Å². The lowest BCUT2D eigenvalue weighted by atomic mass is 10.3. The van der Waals surface area contributed by atoms with Crippen LogP contribution in [0.15, 0.2) is 53.0 Å². The summed E-state index contributed by atoms with van der Waals surface area (Å²) in [6, 6.07) is 13.3. The van der Waals surface area contributed by atoms with E-state index >= 15 is 0 Å². The van der Waals surface area contributed by atoms with Gasteiger partial charge in [0.15, 0.2) is 5.16 Å². The van der Waals surface area contributed by atoms with Gasteiger partial charge in [-0.2, -0.15) is 0 Å². The highest BCUT2D eigenvalue weighted by Gasteiger charge is 2.17. The molecule has 0 atom stereocenters. The number of carbonyl (C=O) groups is 2. The number of imide groups is 1. The average Bonchev–Trinajstić information content (AvgIpc) is 3.31. The van der Waals surface area contributed by atoms with Gasteiger partial charge in [-0.05, 0) is 23.6 Å². The molecule has 0 saturated carbocycles. The Morgan fingerprint density at radius 3 is 2.65 bits per heavy atom. The number of aromatic nitrogens is 3. The lowest BCUT2D eigenvalue weighted by Crippen LogP contribution is -2.38. The number of thiophene rings is 1. The molecule has 134 valence electrons. The van der Waals surface area contributed by atoms with Gasteiger partial charge in [0.25, 0.3) is 0 Å². The first-order valence-electron chi connectivity index (χ1n) is 7.84. The van der Waals surface area contributed by atoms with E-state index in [4.69, 9.17) is 0 Å². The van der Waals surface area contributed by atoms with Crippen LogP contribution in [0.2, 0.25) is 0 Å². The number of carbonyl (C=O) groups excluding carboxylic acids is 2. The molecule has 0 fully saturated rings. The monoisotopic (exact) mass is 387 g/mol. The van der Waals surface area contributed by atoms with E-state index in [1.54, 1.807) is 11.3 Å². The van der Waals surface area contributed by atoms with Crippen LogP contribution in [-0.2, 0) is 11.2 Å². The van der Waals surface area contributed by atoms with Crippen molar-refractivity contribution in [2.75, 3.05) is 12.8 Å². The van der Waals surface area contributed by atoms with Crippen LogP contribution in [-0.4, -0.2) is 39.5 Å². The lowest BCUT2D eigenvalue weighted by molar-refractivity contribution is -0.117. The molecule has 9 heteroatoms. The Labute approximate surface area is 158 Å². The van der Waals surface area contributed by atoms with Gasteiger partial charge >= 0.3 is 6.03 Å². The summed E-state index contributed by atoms with van der Waals surface area (Å²) >= 11 is 2.90. The molecule has 2 heterocycles. The first-order valence-corrected chi connectivity index (χ1v) is 9.70. The molecule has 0 unspecified atom stereocenters. The fraction of sp³-hybridized carbons (Fsp3) is 0.176. The van der Waals surface area contributed by atoms with Crippen LogP contribution in [0.4, 0.5) is 4.79 Å². The van der Waals surface area contributed by atoms with Gasteiger partial charge in [0.1, 0.15) is 5.82 Å². The molecule has 0 bridgehead atoms. The summed E-state index contributed by atoms with van der Waals surface area (Å²) in [6.07, 6.45) is 0.657. The molecule has 0 saturated heterocycles. The predicted octanol–water partition coefficient (Wildman–Crippen LogP) is 2.47. The molecule has 0 spiro atoms. The number of benzene rings is 1. The number of rotatable bonds is 6. The zero-order chi connectivity index (χ0) is 18.4. The SMILES string of the molecule is CNC(=O)NC(=O)CSc1nnc(Cc2cccs2)n1-c1ccccc1. The van der Waals surface area contributed by atoms with Crippen LogP contribution in [0, 0.1) is 0 Å². The van der Waals surface area contributed by atoms with Crippen molar-refractivity contribution in [3.05, 3.63) is 58.5 Å². The Kier molecular flexibility index (Phi) is 6.03. The van der Waals surface area contributed by atoms with Crippen molar-refractivity contribution >= 4 is 35.0 Å². The topological polar surface area (TPSA) is 88.9 Å². The van der Waals surface area contributed by atoms with Crippen molar-refractivity contribution in [2.24, 2.45) is 0 Å². The minimum absolute atomic E-state index is 0.0669. The first-order chi connectivity index (χ1) is 12.7. The van der Waals surface area contributed by atoms with E-state index < -0.39 is 11.9 Å².